The molecule has 0 spiro atoms. The fraction of sp³-hybridized carbons (Fsp3) is 0.208. The van der Waals surface area contributed by atoms with Gasteiger partial charge in [0.15, 0.2) is 11.6 Å². The molecule has 9 heteroatoms. The van der Waals surface area contributed by atoms with Gasteiger partial charge in [0.25, 0.3) is 0 Å². The molecule has 0 radical (unpaired) electrons. The Hall–Kier alpha value is -4.27. The number of hydrogen-bond acceptors (Lipinski definition) is 7. The van der Waals surface area contributed by atoms with E-state index in [0.717, 1.165) is 48.9 Å². The van der Waals surface area contributed by atoms with Crippen LogP contribution in [0, 0.1) is 5.92 Å². The zero-order valence-electron chi connectivity index (χ0n) is 17.9. The number of carbonyl (C=O) groups excluding carboxylic acids is 1. The highest BCUT2D eigenvalue weighted by atomic mass is 16.5. The van der Waals surface area contributed by atoms with Gasteiger partial charge in [0.2, 0.25) is 5.91 Å². The van der Waals surface area contributed by atoms with Crippen LogP contribution in [0.5, 0.6) is 11.5 Å². The molecule has 9 nitrogen and oxygen atoms in total. The quantitative estimate of drug-likeness (QED) is 0.487. The van der Waals surface area contributed by atoms with Crippen molar-refractivity contribution >= 4 is 17.4 Å². The van der Waals surface area contributed by atoms with E-state index in [1.54, 1.807) is 11.0 Å². The highest BCUT2D eigenvalue weighted by molar-refractivity contribution is 5.92. The molecule has 1 saturated heterocycles. The van der Waals surface area contributed by atoms with E-state index in [4.69, 9.17) is 4.74 Å². The number of amides is 1. The van der Waals surface area contributed by atoms with Gasteiger partial charge < -0.3 is 15.0 Å². The summed E-state index contributed by atoms with van der Waals surface area (Å²) >= 11 is 0. The first-order valence-electron chi connectivity index (χ1n) is 10.8. The summed E-state index contributed by atoms with van der Waals surface area (Å²) < 4.78 is 7.36. The lowest BCUT2D eigenvalue weighted by Crippen LogP contribution is -2.38. The Morgan fingerprint density at radius 1 is 0.879 bits per heavy atom. The van der Waals surface area contributed by atoms with Gasteiger partial charge >= 0.3 is 0 Å². The molecular weight excluding hydrogens is 418 g/mol. The highest BCUT2D eigenvalue weighted by Crippen LogP contribution is 2.25. The Kier molecular flexibility index (Phi) is 5.92. The number of piperidine rings is 1. The summed E-state index contributed by atoms with van der Waals surface area (Å²) in [5, 5.41) is 15.6. The molecular formula is C24H23N7O2. The number of carbonyl (C=O) groups is 1. The summed E-state index contributed by atoms with van der Waals surface area (Å²) in [6.07, 6.45) is 4.55. The number of rotatable bonds is 6. The fourth-order valence-corrected chi connectivity index (χ4v) is 3.78. The van der Waals surface area contributed by atoms with Crippen LogP contribution in [0.4, 0.5) is 11.5 Å². The third-order valence-corrected chi connectivity index (χ3v) is 5.58. The van der Waals surface area contributed by atoms with Gasteiger partial charge in [-0.3, -0.25) is 4.79 Å². The second kappa shape index (κ2) is 9.47. The second-order valence-electron chi connectivity index (χ2n) is 7.78. The number of nitrogens with zero attached hydrogens (tertiary/aromatic N) is 6. The largest absolute Gasteiger partial charge is 0.457 e. The molecule has 0 atom stereocenters. The number of hydrogen-bond donors (Lipinski definition) is 1. The maximum absolute atomic E-state index is 12.8. The number of para-hydroxylation sites is 1. The Morgan fingerprint density at radius 2 is 1.58 bits per heavy atom. The number of benzene rings is 2. The first-order chi connectivity index (χ1) is 16.2. The molecule has 1 fully saturated rings. The van der Waals surface area contributed by atoms with Gasteiger partial charge in [0.05, 0.1) is 0 Å². The van der Waals surface area contributed by atoms with Crippen LogP contribution in [0.2, 0.25) is 0 Å². The van der Waals surface area contributed by atoms with Crippen molar-refractivity contribution in [2.75, 3.05) is 23.3 Å². The van der Waals surface area contributed by atoms with E-state index >= 15 is 0 Å². The van der Waals surface area contributed by atoms with E-state index in [1.807, 2.05) is 66.7 Å². The first-order valence-corrected chi connectivity index (χ1v) is 10.8. The maximum atomic E-state index is 12.8. The van der Waals surface area contributed by atoms with Crippen molar-refractivity contribution in [3.63, 3.8) is 0 Å². The Bertz CT molecular complexity index is 1170. The van der Waals surface area contributed by atoms with Gasteiger partial charge in [-0.1, -0.05) is 18.2 Å². The molecule has 0 unspecified atom stereocenters. The van der Waals surface area contributed by atoms with Crippen LogP contribution < -0.4 is 15.0 Å². The van der Waals surface area contributed by atoms with Crippen LogP contribution in [0.15, 0.2) is 79.4 Å². The molecule has 1 aliphatic heterocycles. The third-order valence-electron chi connectivity index (χ3n) is 5.58. The predicted octanol–water partition coefficient (Wildman–Crippen LogP) is 3.70. The van der Waals surface area contributed by atoms with Crippen molar-refractivity contribution in [2.45, 2.75) is 12.8 Å². The Labute approximate surface area is 191 Å². The lowest BCUT2D eigenvalue weighted by Gasteiger charge is -2.31. The van der Waals surface area contributed by atoms with Crippen molar-refractivity contribution in [3.8, 4) is 17.3 Å². The summed E-state index contributed by atoms with van der Waals surface area (Å²) in [6.45, 7) is 1.50. The third kappa shape index (κ3) is 4.98. The van der Waals surface area contributed by atoms with E-state index in [2.05, 4.69) is 30.5 Å². The van der Waals surface area contributed by atoms with Crippen molar-refractivity contribution in [3.05, 3.63) is 79.4 Å². The molecule has 1 aliphatic rings. The normalized spacial score (nSPS) is 14.1. The van der Waals surface area contributed by atoms with Crippen LogP contribution in [0.3, 0.4) is 0 Å². The van der Waals surface area contributed by atoms with Crippen molar-refractivity contribution in [1.82, 2.24) is 25.0 Å². The molecule has 4 aromatic rings. The van der Waals surface area contributed by atoms with E-state index < -0.39 is 0 Å². The SMILES string of the molecule is O=C(Nc1ccc(Oc2ccccc2)cc1)C1CCN(c2ccc(-n3cncn3)nn2)CC1. The van der Waals surface area contributed by atoms with Gasteiger partial charge in [-0.15, -0.1) is 10.2 Å². The molecule has 0 saturated carbocycles. The zero-order valence-corrected chi connectivity index (χ0v) is 17.9. The van der Waals surface area contributed by atoms with Crippen LogP contribution in [-0.4, -0.2) is 44.0 Å². The van der Waals surface area contributed by atoms with Crippen molar-refractivity contribution < 1.29 is 9.53 Å². The van der Waals surface area contributed by atoms with Crippen LogP contribution in [0.25, 0.3) is 5.82 Å². The second-order valence-corrected chi connectivity index (χ2v) is 7.78. The number of nitrogens with one attached hydrogen (secondary N) is 1. The van der Waals surface area contributed by atoms with Gasteiger partial charge in [-0.2, -0.15) is 5.10 Å². The predicted molar refractivity (Wildman–Crippen MR) is 123 cm³/mol. The minimum Gasteiger partial charge on any atom is -0.457 e. The summed E-state index contributed by atoms with van der Waals surface area (Å²) in [6, 6.07) is 20.8. The monoisotopic (exact) mass is 441 g/mol. The van der Waals surface area contributed by atoms with Gasteiger partial charge in [-0.05, 0) is 61.4 Å². The van der Waals surface area contributed by atoms with E-state index in [0.29, 0.717) is 5.82 Å². The Morgan fingerprint density at radius 3 is 2.24 bits per heavy atom. The minimum absolute atomic E-state index is 0.0381. The molecule has 1 amide bonds. The lowest BCUT2D eigenvalue weighted by atomic mass is 9.96. The van der Waals surface area contributed by atoms with E-state index in [1.165, 1.54) is 6.33 Å². The Balaban J connectivity index is 1.12. The number of ether oxygens (including phenoxy) is 1. The number of aromatic nitrogens is 5. The molecule has 0 bridgehead atoms. The van der Waals surface area contributed by atoms with Gasteiger partial charge in [0, 0.05) is 24.7 Å². The zero-order chi connectivity index (χ0) is 22.5. The van der Waals surface area contributed by atoms with Gasteiger partial charge in [0.1, 0.15) is 24.2 Å². The van der Waals surface area contributed by atoms with E-state index in [-0.39, 0.29) is 11.8 Å². The topological polar surface area (TPSA) is 98.1 Å². The molecule has 5 rings (SSSR count). The van der Waals surface area contributed by atoms with Gasteiger partial charge in [-0.25, -0.2) is 9.67 Å². The standard InChI is InChI=1S/C24H23N7O2/c32-24(27-19-6-8-21(9-7-19)33-20-4-2-1-3-5-20)18-12-14-30(15-13-18)22-10-11-23(29-28-22)31-17-25-16-26-31/h1-11,16-18H,12-15H2,(H,27,32). The average Bonchev–Trinajstić information content (AvgIpc) is 3.41. The molecule has 166 valence electrons. The average molecular weight is 441 g/mol. The fourth-order valence-electron chi connectivity index (χ4n) is 3.78. The molecule has 1 N–H and O–H groups in total. The molecule has 33 heavy (non-hydrogen) atoms. The highest BCUT2D eigenvalue weighted by Gasteiger charge is 2.26. The maximum Gasteiger partial charge on any atom is 0.227 e. The van der Waals surface area contributed by atoms with Crippen molar-refractivity contribution in [1.29, 1.82) is 0 Å². The first kappa shape index (κ1) is 20.6. The molecule has 3 heterocycles. The summed E-state index contributed by atoms with van der Waals surface area (Å²) in [5.74, 6) is 2.92. The van der Waals surface area contributed by atoms with Crippen LogP contribution in [0.1, 0.15) is 12.8 Å². The van der Waals surface area contributed by atoms with Crippen LogP contribution in [-0.2, 0) is 4.79 Å². The van der Waals surface area contributed by atoms with Crippen LogP contribution >= 0.6 is 0 Å². The van der Waals surface area contributed by atoms with E-state index in [9.17, 15) is 4.79 Å². The lowest BCUT2D eigenvalue weighted by molar-refractivity contribution is -0.120. The molecule has 2 aromatic carbocycles. The minimum atomic E-state index is -0.0381. The summed E-state index contributed by atoms with van der Waals surface area (Å²) in [4.78, 5) is 18.8. The smallest absolute Gasteiger partial charge is 0.227 e. The summed E-state index contributed by atoms with van der Waals surface area (Å²) in [5.41, 5.74) is 0.761. The molecule has 2 aromatic heterocycles. The van der Waals surface area contributed by atoms with Crippen molar-refractivity contribution in [2.24, 2.45) is 5.92 Å². The molecule has 0 aliphatic carbocycles. The summed E-state index contributed by atoms with van der Waals surface area (Å²) in [7, 11) is 0. The number of anilines is 2.